The number of amides is 1. The van der Waals surface area contributed by atoms with E-state index in [1.165, 1.54) is 43.1 Å². The molecule has 1 aromatic heterocycles. The normalized spacial score (nSPS) is 13.7. The molecule has 1 amide bonds. The van der Waals surface area contributed by atoms with Crippen molar-refractivity contribution in [1.29, 1.82) is 0 Å². The van der Waals surface area contributed by atoms with Gasteiger partial charge in [0.15, 0.2) is 26.1 Å². The molecule has 0 atom stereocenters. The largest absolute Gasteiger partial charge is 0.497 e. The van der Waals surface area contributed by atoms with Crippen LogP contribution in [0.5, 0.6) is 17.2 Å². The van der Waals surface area contributed by atoms with Gasteiger partial charge in [-0.25, -0.2) is 8.42 Å². The summed E-state index contributed by atoms with van der Waals surface area (Å²) in [6, 6.07) is 9.15. The van der Waals surface area contributed by atoms with Crippen LogP contribution in [-0.4, -0.2) is 58.0 Å². The van der Waals surface area contributed by atoms with E-state index >= 15 is 0 Å². The zero-order valence-corrected chi connectivity index (χ0v) is 19.4. The number of hydrogen-bond donors (Lipinski definition) is 0. The van der Waals surface area contributed by atoms with E-state index in [1.54, 1.807) is 12.1 Å². The Hall–Kier alpha value is -3.38. The van der Waals surface area contributed by atoms with Crippen molar-refractivity contribution in [2.45, 2.75) is 11.4 Å². The van der Waals surface area contributed by atoms with E-state index in [0.29, 0.717) is 40.7 Å². The second-order valence-electron chi connectivity index (χ2n) is 6.95. The minimum absolute atomic E-state index is 0.0207. The Morgan fingerprint density at radius 3 is 2.39 bits per heavy atom. The molecular formula is C21H20N2O8S2. The Morgan fingerprint density at radius 1 is 1.09 bits per heavy atom. The third-order valence-corrected chi connectivity index (χ3v) is 7.47. The predicted octanol–water partition coefficient (Wildman–Crippen LogP) is 1.56. The molecule has 0 radical (unpaired) electrons. The molecule has 2 aromatic carbocycles. The number of carbonyl (C=O) groups excluding carboxylic acids is 2. The molecule has 0 bridgehead atoms. The van der Waals surface area contributed by atoms with Gasteiger partial charge >= 0.3 is 5.97 Å². The summed E-state index contributed by atoms with van der Waals surface area (Å²) in [4.78, 5) is 28.8. The van der Waals surface area contributed by atoms with Crippen LogP contribution >= 0.6 is 11.3 Å². The molecule has 0 unspecified atom stereocenters. The van der Waals surface area contributed by atoms with E-state index in [1.807, 2.05) is 0 Å². The Bertz CT molecular complexity index is 1390. The van der Waals surface area contributed by atoms with Crippen LogP contribution in [0.2, 0.25) is 0 Å². The van der Waals surface area contributed by atoms with Gasteiger partial charge in [0.1, 0.15) is 31.3 Å². The van der Waals surface area contributed by atoms with Gasteiger partial charge < -0.3 is 23.5 Å². The van der Waals surface area contributed by atoms with Gasteiger partial charge in [-0.1, -0.05) is 11.3 Å². The molecule has 174 valence electrons. The number of aromatic nitrogens is 1. The molecule has 1 aliphatic heterocycles. The lowest BCUT2D eigenvalue weighted by atomic mass is 10.2. The summed E-state index contributed by atoms with van der Waals surface area (Å²) in [5.74, 6) is -0.702. The summed E-state index contributed by atoms with van der Waals surface area (Å²) < 4.78 is 48.5. The van der Waals surface area contributed by atoms with Crippen LogP contribution in [-0.2, 0) is 30.7 Å². The zero-order valence-electron chi connectivity index (χ0n) is 17.8. The van der Waals surface area contributed by atoms with Crippen LogP contribution in [0.4, 0.5) is 0 Å². The third kappa shape index (κ3) is 4.86. The lowest BCUT2D eigenvalue weighted by Gasteiger charge is -2.18. The van der Waals surface area contributed by atoms with Gasteiger partial charge in [0, 0.05) is 12.1 Å². The number of carbonyl (C=O) groups is 2. The van der Waals surface area contributed by atoms with Crippen molar-refractivity contribution < 1.29 is 37.0 Å². The number of methoxy groups -OCH3 is 2. The van der Waals surface area contributed by atoms with Gasteiger partial charge in [0.2, 0.25) is 0 Å². The first-order chi connectivity index (χ1) is 15.8. The standard InChI is InChI=1S/C21H20N2O8S2/c1-28-13-3-5-14(6-4-13)33(26,27)12-19(24)22-21-23(11-20(25)29-2)15-9-16-17(10-18(15)32-21)31-8-7-30-16/h3-6,9-10H,7-8,11-12H2,1-2H3. The van der Waals surface area contributed by atoms with Crippen LogP contribution in [0.3, 0.4) is 0 Å². The monoisotopic (exact) mass is 492 g/mol. The average molecular weight is 493 g/mol. The summed E-state index contributed by atoms with van der Waals surface area (Å²) in [5.41, 5.74) is 0.583. The van der Waals surface area contributed by atoms with Crippen molar-refractivity contribution >= 4 is 43.3 Å². The van der Waals surface area contributed by atoms with E-state index in [2.05, 4.69) is 4.99 Å². The lowest BCUT2D eigenvalue weighted by Crippen LogP contribution is -2.24. The molecule has 0 aliphatic carbocycles. The molecule has 33 heavy (non-hydrogen) atoms. The molecule has 0 fully saturated rings. The van der Waals surface area contributed by atoms with Gasteiger partial charge in [-0.05, 0) is 24.3 Å². The molecule has 4 rings (SSSR count). The first-order valence-electron chi connectivity index (χ1n) is 9.75. The fourth-order valence-electron chi connectivity index (χ4n) is 3.21. The lowest BCUT2D eigenvalue weighted by molar-refractivity contribution is -0.141. The molecule has 2 heterocycles. The first kappa shape index (κ1) is 22.8. The summed E-state index contributed by atoms with van der Waals surface area (Å²) in [5, 5.41) is 0. The maximum absolute atomic E-state index is 12.7. The van der Waals surface area contributed by atoms with Gasteiger partial charge in [-0.3, -0.25) is 9.59 Å². The van der Waals surface area contributed by atoms with Gasteiger partial charge in [-0.2, -0.15) is 4.99 Å². The Balaban J connectivity index is 1.72. The highest BCUT2D eigenvalue weighted by molar-refractivity contribution is 7.92. The van der Waals surface area contributed by atoms with Crippen molar-refractivity contribution in [2.75, 3.05) is 33.2 Å². The molecule has 0 spiro atoms. The Labute approximate surface area is 192 Å². The van der Waals surface area contributed by atoms with Crippen molar-refractivity contribution in [3.8, 4) is 17.2 Å². The minimum Gasteiger partial charge on any atom is -0.497 e. The second-order valence-corrected chi connectivity index (χ2v) is 9.95. The van der Waals surface area contributed by atoms with Crippen molar-refractivity contribution in [1.82, 2.24) is 4.57 Å². The third-order valence-electron chi connectivity index (χ3n) is 4.81. The number of fused-ring (bicyclic) bond motifs is 2. The van der Waals surface area contributed by atoms with Crippen LogP contribution in [0.1, 0.15) is 0 Å². The molecular weight excluding hydrogens is 472 g/mol. The summed E-state index contributed by atoms with van der Waals surface area (Å²) in [7, 11) is -1.21. The van der Waals surface area contributed by atoms with Gasteiger partial charge in [0.25, 0.3) is 5.91 Å². The first-order valence-corrected chi connectivity index (χ1v) is 12.2. The SMILES string of the molecule is COC(=O)Cn1c(=NC(=O)CS(=O)(=O)c2ccc(OC)cc2)sc2cc3c(cc21)OCCO3. The highest BCUT2D eigenvalue weighted by atomic mass is 32.2. The Morgan fingerprint density at radius 2 is 1.76 bits per heavy atom. The zero-order chi connectivity index (χ0) is 23.6. The van der Waals surface area contributed by atoms with Crippen molar-refractivity contribution in [2.24, 2.45) is 4.99 Å². The average Bonchev–Trinajstić information content (AvgIpc) is 3.12. The smallest absolute Gasteiger partial charge is 0.325 e. The number of sulfone groups is 1. The quantitative estimate of drug-likeness (QED) is 0.475. The fraction of sp³-hybridized carbons (Fsp3) is 0.286. The van der Waals surface area contributed by atoms with Crippen LogP contribution in [0, 0.1) is 0 Å². The molecule has 0 saturated heterocycles. The predicted molar refractivity (Wildman–Crippen MR) is 118 cm³/mol. The fourth-order valence-corrected chi connectivity index (χ4v) is 5.37. The van der Waals surface area contributed by atoms with Crippen LogP contribution in [0.25, 0.3) is 10.2 Å². The van der Waals surface area contributed by atoms with Crippen molar-refractivity contribution in [3.63, 3.8) is 0 Å². The number of ether oxygens (including phenoxy) is 4. The topological polar surface area (TPSA) is 122 Å². The molecule has 12 heteroatoms. The second kappa shape index (κ2) is 9.24. The van der Waals surface area contributed by atoms with E-state index in [4.69, 9.17) is 18.9 Å². The number of thiazole rings is 1. The van der Waals surface area contributed by atoms with E-state index in [-0.39, 0.29) is 16.2 Å². The number of rotatable bonds is 6. The van der Waals surface area contributed by atoms with Crippen LogP contribution in [0.15, 0.2) is 46.3 Å². The van der Waals surface area contributed by atoms with Crippen molar-refractivity contribution in [3.05, 3.63) is 41.2 Å². The summed E-state index contributed by atoms with van der Waals surface area (Å²) in [6.45, 7) is 0.580. The van der Waals surface area contributed by atoms with E-state index in [0.717, 1.165) is 11.3 Å². The number of benzene rings is 2. The van der Waals surface area contributed by atoms with Crippen LogP contribution < -0.4 is 19.0 Å². The van der Waals surface area contributed by atoms with Gasteiger partial charge in [0.05, 0.1) is 29.3 Å². The summed E-state index contributed by atoms with van der Waals surface area (Å²) >= 11 is 1.13. The highest BCUT2D eigenvalue weighted by Crippen LogP contribution is 2.35. The Kier molecular flexibility index (Phi) is 6.38. The minimum atomic E-state index is -3.92. The molecule has 0 N–H and O–H groups in total. The number of nitrogens with zero attached hydrogens (tertiary/aromatic N) is 2. The maximum atomic E-state index is 12.7. The van der Waals surface area contributed by atoms with E-state index in [9.17, 15) is 18.0 Å². The molecule has 10 nitrogen and oxygen atoms in total. The van der Waals surface area contributed by atoms with Gasteiger partial charge in [-0.15, -0.1) is 0 Å². The maximum Gasteiger partial charge on any atom is 0.325 e. The number of esters is 1. The molecule has 0 saturated carbocycles. The number of hydrogen-bond acceptors (Lipinski definition) is 9. The summed E-state index contributed by atoms with van der Waals surface area (Å²) in [6.07, 6.45) is 0. The molecule has 1 aliphatic rings. The highest BCUT2D eigenvalue weighted by Gasteiger charge is 2.21. The van der Waals surface area contributed by atoms with E-state index < -0.39 is 27.5 Å². The molecule has 3 aromatic rings.